The lowest BCUT2D eigenvalue weighted by Gasteiger charge is -2.32. The first-order valence-corrected chi connectivity index (χ1v) is 20.3. The fourth-order valence-corrected chi connectivity index (χ4v) is 7.89. The number of nitrogens with one attached hydrogen (secondary N) is 3. The number of hydrogen-bond donors (Lipinski definition) is 3. The Morgan fingerprint density at radius 2 is 1.58 bits per heavy atom. The number of nitrogens with zero attached hydrogens (tertiary/aromatic N) is 7. The van der Waals surface area contributed by atoms with Gasteiger partial charge in [-0.3, -0.25) is 14.6 Å². The Bertz CT molecular complexity index is 2060. The molecule has 5 aromatic heterocycles. The summed E-state index contributed by atoms with van der Waals surface area (Å²) in [6, 6.07) is 8.03. The van der Waals surface area contributed by atoms with Gasteiger partial charge in [0.2, 0.25) is 0 Å². The molecule has 2 saturated carbocycles. The van der Waals surface area contributed by atoms with Gasteiger partial charge in [-0.15, -0.1) is 0 Å². The van der Waals surface area contributed by atoms with Crippen LogP contribution in [0.4, 0.5) is 0 Å². The van der Waals surface area contributed by atoms with Crippen molar-refractivity contribution in [3.05, 3.63) is 77.3 Å². The molecule has 13 nitrogen and oxygen atoms in total. The van der Waals surface area contributed by atoms with Crippen molar-refractivity contribution in [1.29, 1.82) is 0 Å². The van der Waals surface area contributed by atoms with Gasteiger partial charge in [-0.05, 0) is 121 Å². The highest BCUT2D eigenvalue weighted by molar-refractivity contribution is 6.00. The molecule has 1 atom stereocenters. The fourth-order valence-electron chi connectivity index (χ4n) is 7.89. The molecule has 3 N–H and O–H groups in total. The lowest BCUT2D eigenvalue weighted by Crippen LogP contribution is -2.40. The standard InChI is InChI=1S/C24H37N5O2.C18H19N5O/c1-4-13-31-20-7-5-18(6-8-20)17(3)27-24(30)21-15-26-29-16(2)14-22(28-23(21)29)19-9-11-25-12-10-19;1-12-9-16(14-3-2-7-19-10-14)22-17-15(11-21-23(12)17)18(24)20-8-6-13-4-5-13/h14-15,17-20,25H,4-13H2,1-3H3,(H,27,30);2-3,7,9-11,13H,4-6,8H2,1H3,(H,20,24). The van der Waals surface area contributed by atoms with Crippen LogP contribution >= 0.6 is 0 Å². The summed E-state index contributed by atoms with van der Waals surface area (Å²) in [5.74, 6) is 1.56. The molecule has 8 rings (SSSR count). The topological polar surface area (TPSA) is 153 Å². The van der Waals surface area contributed by atoms with Gasteiger partial charge in [0.25, 0.3) is 11.8 Å². The number of pyridine rings is 1. The van der Waals surface area contributed by atoms with E-state index in [-0.39, 0.29) is 17.9 Å². The monoisotopic (exact) mass is 748 g/mol. The predicted molar refractivity (Wildman–Crippen MR) is 212 cm³/mol. The third kappa shape index (κ3) is 9.38. The van der Waals surface area contributed by atoms with Gasteiger partial charge in [-0.1, -0.05) is 19.8 Å². The second-order valence-corrected chi connectivity index (χ2v) is 15.6. The summed E-state index contributed by atoms with van der Waals surface area (Å²) in [4.78, 5) is 39.3. The van der Waals surface area contributed by atoms with E-state index >= 15 is 0 Å². The van der Waals surface area contributed by atoms with Crippen LogP contribution in [0.25, 0.3) is 22.6 Å². The van der Waals surface area contributed by atoms with Crippen molar-refractivity contribution in [2.75, 3.05) is 26.2 Å². The predicted octanol–water partition coefficient (Wildman–Crippen LogP) is 6.24. The summed E-state index contributed by atoms with van der Waals surface area (Å²) in [5, 5.41) is 18.4. The molecule has 0 aromatic carbocycles. The highest BCUT2D eigenvalue weighted by atomic mass is 16.5. The van der Waals surface area contributed by atoms with E-state index in [1.165, 1.54) is 12.8 Å². The quantitative estimate of drug-likeness (QED) is 0.135. The van der Waals surface area contributed by atoms with Crippen molar-refractivity contribution in [2.24, 2.45) is 11.8 Å². The Hall–Kier alpha value is -4.75. The van der Waals surface area contributed by atoms with Gasteiger partial charge in [-0.25, -0.2) is 19.0 Å². The van der Waals surface area contributed by atoms with Crippen LogP contribution in [0.3, 0.4) is 0 Å². The second kappa shape index (κ2) is 17.8. The number of hydrogen-bond acceptors (Lipinski definition) is 9. The van der Waals surface area contributed by atoms with Gasteiger partial charge < -0.3 is 20.7 Å². The maximum Gasteiger partial charge on any atom is 0.256 e. The summed E-state index contributed by atoms with van der Waals surface area (Å²) >= 11 is 0. The lowest BCUT2D eigenvalue weighted by atomic mass is 9.83. The average Bonchev–Trinajstić information content (AvgIpc) is 3.75. The molecule has 13 heteroatoms. The molecule has 3 fully saturated rings. The SMILES string of the molecule is CCCOC1CCC(C(C)NC(=O)c2cnn3c(C)cc(C4CCNCC4)nc23)CC1.Cc1cc(-c2cccnc2)nc2c(C(=O)NCCC3CC3)cnn12. The zero-order chi connectivity index (χ0) is 38.3. The number of carbonyl (C=O) groups excluding carboxylic acids is 2. The van der Waals surface area contributed by atoms with E-state index in [1.54, 1.807) is 33.8 Å². The van der Waals surface area contributed by atoms with Gasteiger partial charge in [0.1, 0.15) is 11.1 Å². The fraction of sp³-hybridized carbons (Fsp3) is 0.548. The molecule has 0 spiro atoms. The van der Waals surface area contributed by atoms with Crippen LogP contribution < -0.4 is 16.0 Å². The number of fused-ring (bicyclic) bond motifs is 2. The minimum absolute atomic E-state index is 0.0683. The molecule has 55 heavy (non-hydrogen) atoms. The van der Waals surface area contributed by atoms with Crippen LogP contribution in [-0.2, 0) is 4.74 Å². The third-order valence-electron chi connectivity index (χ3n) is 11.4. The first-order chi connectivity index (χ1) is 26.8. The van der Waals surface area contributed by atoms with Crippen LogP contribution in [-0.4, -0.2) is 84.4 Å². The van der Waals surface area contributed by atoms with Crippen LogP contribution in [0.1, 0.15) is 122 Å². The molecule has 292 valence electrons. The zero-order valence-corrected chi connectivity index (χ0v) is 32.8. The zero-order valence-electron chi connectivity index (χ0n) is 32.8. The van der Waals surface area contributed by atoms with E-state index in [1.807, 2.05) is 32.0 Å². The molecule has 1 unspecified atom stereocenters. The molecule has 0 bridgehead atoms. The van der Waals surface area contributed by atoms with E-state index in [0.717, 1.165) is 105 Å². The first kappa shape index (κ1) is 38.5. The van der Waals surface area contributed by atoms with E-state index < -0.39 is 0 Å². The van der Waals surface area contributed by atoms with Gasteiger partial charge in [0.15, 0.2) is 11.3 Å². The number of ether oxygens (including phenoxy) is 1. The van der Waals surface area contributed by atoms with E-state index in [9.17, 15) is 9.59 Å². The molecule has 1 aliphatic heterocycles. The average molecular weight is 749 g/mol. The largest absolute Gasteiger partial charge is 0.378 e. The van der Waals surface area contributed by atoms with Gasteiger partial charge >= 0.3 is 0 Å². The van der Waals surface area contributed by atoms with Crippen LogP contribution in [0.5, 0.6) is 0 Å². The number of carbonyl (C=O) groups is 2. The van der Waals surface area contributed by atoms with E-state index in [0.29, 0.717) is 46.9 Å². The molecule has 2 aliphatic carbocycles. The third-order valence-corrected chi connectivity index (χ3v) is 11.4. The van der Waals surface area contributed by atoms with Crippen molar-refractivity contribution < 1.29 is 14.3 Å². The Labute approximate surface area is 323 Å². The smallest absolute Gasteiger partial charge is 0.256 e. The number of rotatable bonds is 12. The molecule has 1 saturated heterocycles. The molecule has 6 heterocycles. The summed E-state index contributed by atoms with van der Waals surface area (Å²) in [7, 11) is 0. The number of amides is 2. The minimum Gasteiger partial charge on any atom is -0.378 e. The first-order valence-electron chi connectivity index (χ1n) is 20.3. The van der Waals surface area contributed by atoms with Gasteiger partial charge in [-0.2, -0.15) is 10.2 Å². The van der Waals surface area contributed by atoms with Crippen molar-refractivity contribution in [3.63, 3.8) is 0 Å². The summed E-state index contributed by atoms with van der Waals surface area (Å²) < 4.78 is 9.41. The number of piperidine rings is 1. The molecular formula is C42H56N10O3. The Morgan fingerprint density at radius 1 is 0.891 bits per heavy atom. The molecular weight excluding hydrogens is 693 g/mol. The van der Waals surface area contributed by atoms with Crippen LogP contribution in [0.15, 0.2) is 49.1 Å². The maximum absolute atomic E-state index is 13.1. The van der Waals surface area contributed by atoms with Crippen molar-refractivity contribution in [1.82, 2.24) is 50.1 Å². The highest BCUT2D eigenvalue weighted by Crippen LogP contribution is 2.32. The molecule has 3 aliphatic rings. The normalized spacial score (nSPS) is 19.5. The minimum atomic E-state index is -0.110. The molecule has 0 radical (unpaired) electrons. The van der Waals surface area contributed by atoms with Crippen molar-refractivity contribution in [3.8, 4) is 11.3 Å². The van der Waals surface area contributed by atoms with Crippen molar-refractivity contribution in [2.45, 2.75) is 110 Å². The number of aryl methyl sites for hydroxylation is 2. The van der Waals surface area contributed by atoms with E-state index in [4.69, 9.17) is 9.72 Å². The molecule has 5 aromatic rings. The summed E-state index contributed by atoms with van der Waals surface area (Å²) in [6.45, 7) is 11.9. The summed E-state index contributed by atoms with van der Waals surface area (Å²) in [6.07, 6.45) is 18.4. The molecule has 2 amide bonds. The maximum atomic E-state index is 13.1. The van der Waals surface area contributed by atoms with Gasteiger partial charge in [0, 0.05) is 60.2 Å². The van der Waals surface area contributed by atoms with Crippen LogP contribution in [0, 0.1) is 25.7 Å². The van der Waals surface area contributed by atoms with E-state index in [2.05, 4.69) is 56.0 Å². The van der Waals surface area contributed by atoms with Crippen molar-refractivity contribution >= 4 is 23.1 Å². The summed E-state index contributed by atoms with van der Waals surface area (Å²) in [5.41, 5.74) is 7.09. The van der Waals surface area contributed by atoms with Crippen LogP contribution in [0.2, 0.25) is 0 Å². The highest BCUT2D eigenvalue weighted by Gasteiger charge is 2.28. The Kier molecular flexibility index (Phi) is 12.5. The Morgan fingerprint density at radius 3 is 2.25 bits per heavy atom. The number of aromatic nitrogens is 7. The second-order valence-electron chi connectivity index (χ2n) is 15.6. The lowest BCUT2D eigenvalue weighted by molar-refractivity contribution is 0.0151. The van der Waals surface area contributed by atoms with Gasteiger partial charge in [0.05, 0.1) is 24.2 Å². The Balaban J connectivity index is 0.000000174.